The average molecular weight is 325 g/mol. The zero-order valence-corrected chi connectivity index (χ0v) is 13.4. The van der Waals surface area contributed by atoms with Crippen LogP contribution in [0.4, 0.5) is 11.4 Å². The summed E-state index contributed by atoms with van der Waals surface area (Å²) >= 11 is 7.47. The summed E-state index contributed by atoms with van der Waals surface area (Å²) in [7, 11) is 1.49. The normalized spacial score (nSPS) is 12.0. The molecule has 1 aromatic carbocycles. The first kappa shape index (κ1) is 15.8. The molecule has 2 N–H and O–H groups in total. The van der Waals surface area contributed by atoms with E-state index < -0.39 is 0 Å². The van der Waals surface area contributed by atoms with Crippen molar-refractivity contribution in [3.8, 4) is 0 Å². The number of benzene rings is 1. The Bertz CT molecular complexity index is 598. The fourth-order valence-electron chi connectivity index (χ4n) is 1.86. The second-order valence-electron chi connectivity index (χ2n) is 4.61. The molecule has 0 aliphatic heterocycles. The van der Waals surface area contributed by atoms with Gasteiger partial charge in [-0.2, -0.15) is 0 Å². The minimum absolute atomic E-state index is 0.0515. The van der Waals surface area contributed by atoms with E-state index in [0.29, 0.717) is 0 Å². The van der Waals surface area contributed by atoms with E-state index >= 15 is 0 Å². The second kappa shape index (κ2) is 7.45. The van der Waals surface area contributed by atoms with Crippen LogP contribution >= 0.6 is 22.9 Å². The van der Waals surface area contributed by atoms with Crippen LogP contribution in [0.15, 0.2) is 35.7 Å². The number of thiophene rings is 1. The van der Waals surface area contributed by atoms with Crippen LogP contribution in [0.25, 0.3) is 0 Å². The first-order valence-corrected chi connectivity index (χ1v) is 7.73. The van der Waals surface area contributed by atoms with Crippen LogP contribution in [-0.4, -0.2) is 19.6 Å². The summed E-state index contributed by atoms with van der Waals surface area (Å²) < 4.78 is 5.56. The van der Waals surface area contributed by atoms with Gasteiger partial charge in [0.25, 0.3) is 0 Å². The topological polar surface area (TPSA) is 50.4 Å². The quantitative estimate of drug-likeness (QED) is 0.839. The third-order valence-corrected chi connectivity index (χ3v) is 4.02. The predicted octanol–water partition coefficient (Wildman–Crippen LogP) is 4.16. The summed E-state index contributed by atoms with van der Waals surface area (Å²) in [5, 5.41) is 8.18. The van der Waals surface area contributed by atoms with Crippen molar-refractivity contribution in [1.29, 1.82) is 0 Å². The van der Waals surface area contributed by atoms with Crippen LogP contribution in [0.1, 0.15) is 18.5 Å². The molecule has 2 aromatic rings. The number of anilines is 2. The Hall–Kier alpha value is -1.56. The molecule has 1 atom stereocenters. The van der Waals surface area contributed by atoms with Gasteiger partial charge in [0, 0.05) is 24.5 Å². The number of methoxy groups -OCH3 is 1. The van der Waals surface area contributed by atoms with Crippen molar-refractivity contribution in [3.05, 3.63) is 45.6 Å². The van der Waals surface area contributed by atoms with Gasteiger partial charge in [-0.15, -0.1) is 11.3 Å². The molecule has 0 saturated carbocycles. The number of hydrogen-bond acceptors (Lipinski definition) is 4. The zero-order chi connectivity index (χ0) is 15.2. The summed E-state index contributed by atoms with van der Waals surface area (Å²) in [6.45, 7) is 2.13. The zero-order valence-electron chi connectivity index (χ0n) is 11.9. The number of nitrogens with one attached hydrogen (secondary N) is 2. The molecule has 112 valence electrons. The van der Waals surface area contributed by atoms with E-state index in [1.165, 1.54) is 18.4 Å². The fourth-order valence-corrected chi connectivity index (χ4v) is 2.85. The summed E-state index contributed by atoms with van der Waals surface area (Å²) in [4.78, 5) is 11.4. The van der Waals surface area contributed by atoms with E-state index in [1.54, 1.807) is 0 Å². The van der Waals surface area contributed by atoms with E-state index in [4.69, 9.17) is 16.3 Å². The lowest BCUT2D eigenvalue weighted by Gasteiger charge is -2.14. The summed E-state index contributed by atoms with van der Waals surface area (Å²) in [6, 6.07) is 9.68. The summed E-state index contributed by atoms with van der Waals surface area (Å²) in [6.07, 6.45) is 0. The van der Waals surface area contributed by atoms with Crippen LogP contribution in [0.2, 0.25) is 4.34 Å². The predicted molar refractivity (Wildman–Crippen MR) is 88.3 cm³/mol. The van der Waals surface area contributed by atoms with Gasteiger partial charge in [0.05, 0.1) is 4.34 Å². The number of carbonyl (C=O) groups is 1. The van der Waals surface area contributed by atoms with Gasteiger partial charge in [0.1, 0.15) is 6.61 Å². The maximum Gasteiger partial charge on any atom is 0.250 e. The molecule has 0 saturated heterocycles. The maximum absolute atomic E-state index is 11.4. The van der Waals surface area contributed by atoms with Gasteiger partial charge in [0.15, 0.2) is 0 Å². The van der Waals surface area contributed by atoms with Crippen LogP contribution in [0.3, 0.4) is 0 Å². The number of carbonyl (C=O) groups excluding carboxylic acids is 1. The van der Waals surface area contributed by atoms with Crippen molar-refractivity contribution in [2.24, 2.45) is 0 Å². The number of amides is 1. The highest BCUT2D eigenvalue weighted by molar-refractivity contribution is 7.14. The van der Waals surface area contributed by atoms with Gasteiger partial charge < -0.3 is 15.4 Å². The van der Waals surface area contributed by atoms with E-state index in [1.807, 2.05) is 35.7 Å². The van der Waals surface area contributed by atoms with Gasteiger partial charge in [-0.05, 0) is 48.2 Å². The lowest BCUT2D eigenvalue weighted by molar-refractivity contribution is -0.119. The van der Waals surface area contributed by atoms with Crippen LogP contribution in [0, 0.1) is 0 Å². The smallest absolute Gasteiger partial charge is 0.250 e. The number of ether oxygens (including phenoxy) is 1. The standard InChI is InChI=1S/C15H17ClN2O2S/c1-10(11-7-14(16)21-9-11)17-12-3-5-13(6-4-12)18-15(19)8-20-2/h3-7,9-10,17H,8H2,1-2H3,(H,18,19). The second-order valence-corrected chi connectivity index (χ2v) is 6.15. The van der Waals surface area contributed by atoms with E-state index in [0.717, 1.165) is 21.3 Å². The van der Waals surface area contributed by atoms with Gasteiger partial charge >= 0.3 is 0 Å². The minimum Gasteiger partial charge on any atom is -0.378 e. The molecule has 2 rings (SSSR count). The van der Waals surface area contributed by atoms with Crippen molar-refractivity contribution in [3.63, 3.8) is 0 Å². The molecule has 1 amide bonds. The third-order valence-electron chi connectivity index (χ3n) is 2.92. The molecule has 1 unspecified atom stereocenters. The average Bonchev–Trinajstić information content (AvgIpc) is 2.88. The Kier molecular flexibility index (Phi) is 5.61. The molecule has 0 radical (unpaired) electrons. The molecular formula is C15H17ClN2O2S. The maximum atomic E-state index is 11.4. The van der Waals surface area contributed by atoms with Crippen LogP contribution < -0.4 is 10.6 Å². The summed E-state index contributed by atoms with van der Waals surface area (Å²) in [5.74, 6) is -0.167. The van der Waals surface area contributed by atoms with E-state index in [2.05, 4.69) is 17.6 Å². The van der Waals surface area contributed by atoms with E-state index in [-0.39, 0.29) is 18.6 Å². The molecule has 0 aliphatic rings. The van der Waals surface area contributed by atoms with Gasteiger partial charge in [0.2, 0.25) is 5.91 Å². The molecule has 1 heterocycles. The molecule has 0 fully saturated rings. The molecule has 6 heteroatoms. The highest BCUT2D eigenvalue weighted by atomic mass is 35.5. The van der Waals surface area contributed by atoms with Gasteiger partial charge in [-0.1, -0.05) is 11.6 Å². The lowest BCUT2D eigenvalue weighted by Crippen LogP contribution is -2.17. The molecule has 0 bridgehead atoms. The van der Waals surface area contributed by atoms with Crippen molar-refractivity contribution in [2.75, 3.05) is 24.4 Å². The Morgan fingerprint density at radius 1 is 1.33 bits per heavy atom. The summed E-state index contributed by atoms with van der Waals surface area (Å²) in [5.41, 5.74) is 2.88. The first-order valence-electron chi connectivity index (χ1n) is 6.48. The van der Waals surface area contributed by atoms with Gasteiger partial charge in [-0.3, -0.25) is 4.79 Å². The Morgan fingerprint density at radius 3 is 2.57 bits per heavy atom. The third kappa shape index (κ3) is 4.74. The van der Waals surface area contributed by atoms with Crippen molar-refractivity contribution in [1.82, 2.24) is 0 Å². The monoisotopic (exact) mass is 324 g/mol. The van der Waals surface area contributed by atoms with Crippen molar-refractivity contribution in [2.45, 2.75) is 13.0 Å². The lowest BCUT2D eigenvalue weighted by atomic mass is 10.1. The largest absolute Gasteiger partial charge is 0.378 e. The van der Waals surface area contributed by atoms with Crippen LogP contribution in [-0.2, 0) is 9.53 Å². The Labute approximate surface area is 133 Å². The number of hydrogen-bond donors (Lipinski definition) is 2. The number of rotatable bonds is 6. The van der Waals surface area contributed by atoms with Crippen molar-refractivity contribution < 1.29 is 9.53 Å². The Balaban J connectivity index is 1.94. The van der Waals surface area contributed by atoms with Crippen LogP contribution in [0.5, 0.6) is 0 Å². The number of halogens is 1. The molecule has 0 spiro atoms. The first-order chi connectivity index (χ1) is 10.1. The molecular weight excluding hydrogens is 308 g/mol. The minimum atomic E-state index is -0.167. The van der Waals surface area contributed by atoms with E-state index in [9.17, 15) is 4.79 Å². The highest BCUT2D eigenvalue weighted by Gasteiger charge is 2.08. The molecule has 1 aromatic heterocycles. The SMILES string of the molecule is COCC(=O)Nc1ccc(NC(C)c2csc(Cl)c2)cc1. The Morgan fingerprint density at radius 2 is 2.00 bits per heavy atom. The van der Waals surface area contributed by atoms with Gasteiger partial charge in [-0.25, -0.2) is 0 Å². The molecule has 4 nitrogen and oxygen atoms in total. The molecule has 0 aliphatic carbocycles. The molecule has 21 heavy (non-hydrogen) atoms. The fraction of sp³-hybridized carbons (Fsp3) is 0.267. The van der Waals surface area contributed by atoms with Crippen molar-refractivity contribution >= 4 is 40.2 Å². The highest BCUT2D eigenvalue weighted by Crippen LogP contribution is 2.27.